The average molecular weight is 1130 g/mol. The lowest BCUT2D eigenvalue weighted by Gasteiger charge is -2.35. The first-order chi connectivity index (χ1) is 39.0. The van der Waals surface area contributed by atoms with Crippen molar-refractivity contribution in [2.24, 2.45) is 5.14 Å². The van der Waals surface area contributed by atoms with Gasteiger partial charge in [0.05, 0.1) is 22.0 Å². The second-order valence-corrected chi connectivity index (χ2v) is 25.3. The lowest BCUT2D eigenvalue weighted by Crippen LogP contribution is -2.34. The molecule has 422 valence electrons. The van der Waals surface area contributed by atoms with E-state index in [2.05, 4.69) is 197 Å². The molecule has 3 aliphatic rings. The molecule has 13 heteroatoms. The van der Waals surface area contributed by atoms with Crippen molar-refractivity contribution in [3.05, 3.63) is 223 Å². The van der Waals surface area contributed by atoms with Gasteiger partial charge in [-0.2, -0.15) is 0 Å². The van der Waals surface area contributed by atoms with Gasteiger partial charge in [0, 0.05) is 115 Å². The minimum absolute atomic E-state index is 0. The van der Waals surface area contributed by atoms with Crippen LogP contribution in [0, 0.1) is 45.5 Å². The van der Waals surface area contributed by atoms with E-state index in [0.717, 1.165) is 98.6 Å². The summed E-state index contributed by atoms with van der Waals surface area (Å²) in [6.07, 6.45) is 8.32. The van der Waals surface area contributed by atoms with E-state index in [1.54, 1.807) is 6.07 Å². The van der Waals surface area contributed by atoms with Crippen molar-refractivity contribution in [2.75, 3.05) is 40.8 Å². The van der Waals surface area contributed by atoms with E-state index in [9.17, 15) is 12.8 Å². The van der Waals surface area contributed by atoms with Crippen LogP contribution < -0.4 is 5.14 Å². The maximum Gasteiger partial charge on any atom is 0.247 e. The van der Waals surface area contributed by atoms with Crippen molar-refractivity contribution in [1.82, 2.24) is 33.4 Å². The van der Waals surface area contributed by atoms with E-state index in [-0.39, 0.29) is 17.5 Å². The Morgan fingerprint density at radius 1 is 0.707 bits per heavy atom. The Balaban J connectivity index is 0.000000138. The molecule has 0 fully saturated rings. The third-order valence-electron chi connectivity index (χ3n) is 16.3. The van der Waals surface area contributed by atoms with E-state index in [1.807, 2.05) is 25.3 Å². The molecular formula is C69H75FN8O2S2. The Morgan fingerprint density at radius 2 is 1.32 bits per heavy atom. The highest BCUT2D eigenvalue weighted by atomic mass is 32.2. The van der Waals surface area contributed by atoms with Crippen molar-refractivity contribution in [3.63, 3.8) is 0 Å². The monoisotopic (exact) mass is 1130 g/mol. The first-order valence-corrected chi connectivity index (χ1v) is 30.3. The molecule has 0 saturated carbocycles. The molecule has 0 spiro atoms. The Hall–Kier alpha value is -7.41. The number of likely N-dealkylation sites (N-methyl/N-ethyl adjacent to an activating group) is 3. The Kier molecular flexibility index (Phi) is 17.1. The molecule has 13 rings (SSSR count). The van der Waals surface area contributed by atoms with Gasteiger partial charge in [0.15, 0.2) is 0 Å². The number of benzene rings is 5. The second kappa shape index (κ2) is 24.2. The molecule has 8 heterocycles. The molecule has 0 radical (unpaired) electrons. The Labute approximate surface area is 488 Å². The van der Waals surface area contributed by atoms with Gasteiger partial charge in [-0.3, -0.25) is 14.5 Å². The predicted molar refractivity (Wildman–Crippen MR) is 338 cm³/mol. The number of rotatable bonds is 7. The van der Waals surface area contributed by atoms with Crippen molar-refractivity contribution in [3.8, 4) is 12.0 Å². The van der Waals surface area contributed by atoms with E-state index in [0.29, 0.717) is 10.9 Å². The zero-order chi connectivity index (χ0) is 56.7. The smallest absolute Gasteiger partial charge is 0.247 e. The van der Waals surface area contributed by atoms with Gasteiger partial charge in [0.1, 0.15) is 10.0 Å². The molecule has 0 aliphatic carbocycles. The molecule has 0 bridgehead atoms. The molecule has 2 N–H and O–H groups in total. The second-order valence-electron chi connectivity index (χ2n) is 22.4. The summed E-state index contributed by atoms with van der Waals surface area (Å²) in [5.74, 6) is 2.91. The number of halogens is 1. The summed E-state index contributed by atoms with van der Waals surface area (Å²) in [6, 6.07) is 48.8. The standard InChI is InChI=1S/C27H29N3.C22H23FN2.C19H19N3O2S2.CH4/c1-19-9-12-25-24(17-19)23-14-15-29(3)26(22-7-5-4-6-8-22)27(23)30(25)16-13-21-11-10-20(2)28-18-21;1-15-4-9-21-19(12-15)20-14-24(3)11-10-22(20)25(21)13-16(2)17-5-7-18(23)8-6-17;1-13-3-5-17-15(11-13)16-12-21(2)9-8-18(16)22(17)10-7-14-4-6-19(25-14)26(20,23)24;/h4-12,17-18,26H,13-16H2,1-3H3;4-9,12-13H,10-11,14H2,1-3H3;3-6,11H,8-9,12H2,1-2H3,(H2,20,23,24);1H4/b;16-13+;;. The van der Waals surface area contributed by atoms with E-state index < -0.39 is 10.0 Å². The number of primary sulfonamides is 1. The van der Waals surface area contributed by atoms with Crippen LogP contribution in [0.4, 0.5) is 4.39 Å². The van der Waals surface area contributed by atoms with Crippen LogP contribution in [0.3, 0.4) is 0 Å². The van der Waals surface area contributed by atoms with Crippen molar-refractivity contribution in [2.45, 2.75) is 97.6 Å². The minimum Gasteiger partial charge on any atom is -0.342 e. The summed E-state index contributed by atoms with van der Waals surface area (Å²) in [5.41, 5.74) is 21.9. The number of hydrogen-bond acceptors (Lipinski definition) is 7. The SMILES string of the molecule is C.C/C(=C\n1c2c(c3cc(C)ccc31)CN(C)CC2)c1ccc(F)cc1.Cc1ccc2c(c1)c1c(n2C#Cc2ccc(S(N)(=O)=O)s2)CCN(C)C1.Cc1ccc2c(c1)c1c(n2CCc2ccc(C)nc2)C(c2ccccc2)N(C)CC1. The maximum absolute atomic E-state index is 13.2. The summed E-state index contributed by atoms with van der Waals surface area (Å²) in [6.45, 7) is 16.6. The number of hydrogen-bond donors (Lipinski definition) is 1. The summed E-state index contributed by atoms with van der Waals surface area (Å²) in [7, 11) is 2.90. The maximum atomic E-state index is 13.2. The number of nitrogens with zero attached hydrogens (tertiary/aromatic N) is 7. The quantitative estimate of drug-likeness (QED) is 0.160. The van der Waals surface area contributed by atoms with Crippen LogP contribution in [-0.2, 0) is 55.3 Å². The van der Waals surface area contributed by atoms with E-state index in [4.69, 9.17) is 5.14 Å². The fourth-order valence-electron chi connectivity index (χ4n) is 12.1. The molecule has 0 saturated heterocycles. The highest BCUT2D eigenvalue weighted by Crippen LogP contribution is 2.41. The average Bonchev–Trinajstić information content (AvgIpc) is 3.61. The van der Waals surface area contributed by atoms with Crippen LogP contribution in [0.5, 0.6) is 0 Å². The molecule has 5 aromatic heterocycles. The van der Waals surface area contributed by atoms with Crippen LogP contribution in [-0.4, -0.2) is 82.6 Å². The van der Waals surface area contributed by atoms with Crippen LogP contribution in [0.1, 0.15) is 98.1 Å². The molecule has 10 aromatic rings. The number of fused-ring (bicyclic) bond motifs is 9. The Morgan fingerprint density at radius 3 is 1.95 bits per heavy atom. The van der Waals surface area contributed by atoms with Crippen molar-refractivity contribution < 1.29 is 12.8 Å². The van der Waals surface area contributed by atoms with E-state index >= 15 is 0 Å². The normalized spacial score (nSPS) is 15.6. The number of pyridine rings is 1. The lowest BCUT2D eigenvalue weighted by molar-refractivity contribution is 0.255. The number of thiophene rings is 1. The number of nitrogens with two attached hydrogens (primary N) is 1. The minimum atomic E-state index is -3.68. The van der Waals surface area contributed by atoms with Gasteiger partial charge in [0.2, 0.25) is 10.0 Å². The molecule has 5 aromatic carbocycles. The zero-order valence-corrected chi connectivity index (χ0v) is 49.4. The largest absolute Gasteiger partial charge is 0.342 e. The molecule has 3 aliphatic heterocycles. The Bertz CT molecular complexity index is 4180. The molecule has 10 nitrogen and oxygen atoms in total. The van der Waals surface area contributed by atoms with Crippen LogP contribution >= 0.6 is 11.3 Å². The van der Waals surface area contributed by atoms with Crippen LogP contribution in [0.15, 0.2) is 144 Å². The molecule has 0 amide bonds. The zero-order valence-electron chi connectivity index (χ0n) is 47.7. The number of aryl methyl sites for hydroxylation is 6. The number of sulfonamides is 1. The highest BCUT2D eigenvalue weighted by molar-refractivity contribution is 7.91. The summed E-state index contributed by atoms with van der Waals surface area (Å²) < 4.78 is 43.2. The van der Waals surface area contributed by atoms with Gasteiger partial charge < -0.3 is 18.9 Å². The third kappa shape index (κ3) is 12.1. The molecular weight excluding hydrogens is 1060 g/mol. The first-order valence-electron chi connectivity index (χ1n) is 28.0. The summed E-state index contributed by atoms with van der Waals surface area (Å²) in [5, 5.41) is 9.21. The molecule has 1 atom stereocenters. The van der Waals surface area contributed by atoms with Crippen molar-refractivity contribution >= 4 is 65.8 Å². The van der Waals surface area contributed by atoms with Gasteiger partial charge in [-0.1, -0.05) is 90.8 Å². The van der Waals surface area contributed by atoms with Gasteiger partial charge in [-0.15, -0.1) is 11.3 Å². The van der Waals surface area contributed by atoms with Gasteiger partial charge in [-0.25, -0.2) is 17.9 Å². The van der Waals surface area contributed by atoms with Crippen LogP contribution in [0.25, 0.3) is 44.5 Å². The fourth-order valence-corrected chi connectivity index (χ4v) is 13.7. The highest BCUT2D eigenvalue weighted by Gasteiger charge is 2.32. The third-order valence-corrected chi connectivity index (χ3v) is 18.7. The van der Waals surface area contributed by atoms with Crippen LogP contribution in [0.2, 0.25) is 0 Å². The number of allylic oxidation sites excluding steroid dienone is 1. The van der Waals surface area contributed by atoms with Crippen molar-refractivity contribution in [1.29, 1.82) is 0 Å². The van der Waals surface area contributed by atoms with E-state index in [1.165, 1.54) is 107 Å². The fraction of sp³-hybridized carbons (Fsp3) is 0.290. The number of aromatic nitrogens is 4. The summed E-state index contributed by atoms with van der Waals surface area (Å²) >= 11 is 1.10. The lowest BCUT2D eigenvalue weighted by atomic mass is 9.92. The predicted octanol–water partition coefficient (Wildman–Crippen LogP) is 13.7. The first kappa shape index (κ1) is 57.8. The molecule has 1 unspecified atom stereocenters. The van der Waals surface area contributed by atoms with Gasteiger partial charge in [-0.05, 0) is 180 Å². The summed E-state index contributed by atoms with van der Waals surface area (Å²) in [4.78, 5) is 12.4. The molecule has 82 heavy (non-hydrogen) atoms. The van der Waals surface area contributed by atoms with Gasteiger partial charge >= 0.3 is 0 Å². The van der Waals surface area contributed by atoms with Gasteiger partial charge in [0.25, 0.3) is 0 Å². The topological polar surface area (TPSA) is 97.6 Å².